The molecule has 124 valence electrons. The highest BCUT2D eigenvalue weighted by Gasteiger charge is 2.30. The highest BCUT2D eigenvalue weighted by Crippen LogP contribution is 2.27. The maximum atomic E-state index is 12.9. The first-order chi connectivity index (χ1) is 11.0. The first-order valence-electron chi connectivity index (χ1n) is 8.27. The Labute approximate surface area is 136 Å². The van der Waals surface area contributed by atoms with Gasteiger partial charge < -0.3 is 14.0 Å². The van der Waals surface area contributed by atoms with E-state index in [0.717, 1.165) is 42.9 Å². The zero-order valence-electron chi connectivity index (χ0n) is 14.3. The molecule has 1 aliphatic rings. The van der Waals surface area contributed by atoms with Crippen molar-refractivity contribution in [1.29, 1.82) is 0 Å². The molecule has 0 radical (unpaired) electrons. The number of aromatic nitrogens is 3. The van der Waals surface area contributed by atoms with E-state index in [0.29, 0.717) is 18.3 Å². The molecule has 2 aromatic rings. The van der Waals surface area contributed by atoms with Gasteiger partial charge in [0.1, 0.15) is 0 Å². The topological polar surface area (TPSA) is 64.2 Å². The van der Waals surface area contributed by atoms with Gasteiger partial charge in [-0.05, 0) is 46.6 Å². The number of amides is 1. The molecule has 0 N–H and O–H groups in total. The standard InChI is InChI=1S/C17H24N4O2/c1-5-21-11(2)9-15(12(21)3)17(22)20-8-6-7-14(10-20)16-18-13(4)19-23-16/h9,14H,5-8,10H2,1-4H3/t14-/m1/s1. The summed E-state index contributed by atoms with van der Waals surface area (Å²) >= 11 is 0. The van der Waals surface area contributed by atoms with Crippen LogP contribution in [0.2, 0.25) is 0 Å². The van der Waals surface area contributed by atoms with Crippen LogP contribution in [0.25, 0.3) is 0 Å². The molecule has 3 rings (SSSR count). The van der Waals surface area contributed by atoms with Gasteiger partial charge in [0.05, 0.1) is 11.5 Å². The third-order valence-electron chi connectivity index (χ3n) is 4.72. The van der Waals surface area contributed by atoms with Gasteiger partial charge in [-0.25, -0.2) is 0 Å². The van der Waals surface area contributed by atoms with E-state index >= 15 is 0 Å². The van der Waals surface area contributed by atoms with Gasteiger partial charge in [0, 0.05) is 31.0 Å². The molecule has 1 amide bonds. The second kappa shape index (κ2) is 6.18. The maximum absolute atomic E-state index is 12.9. The van der Waals surface area contributed by atoms with Crippen LogP contribution in [-0.4, -0.2) is 38.6 Å². The number of hydrogen-bond acceptors (Lipinski definition) is 4. The molecule has 0 aromatic carbocycles. The molecule has 1 saturated heterocycles. The van der Waals surface area contributed by atoms with E-state index in [4.69, 9.17) is 4.52 Å². The zero-order valence-corrected chi connectivity index (χ0v) is 14.3. The van der Waals surface area contributed by atoms with Crippen molar-refractivity contribution in [3.05, 3.63) is 34.7 Å². The third-order valence-corrected chi connectivity index (χ3v) is 4.72. The van der Waals surface area contributed by atoms with Crippen molar-refractivity contribution < 1.29 is 9.32 Å². The number of hydrogen-bond donors (Lipinski definition) is 0. The van der Waals surface area contributed by atoms with Crippen LogP contribution in [0.4, 0.5) is 0 Å². The van der Waals surface area contributed by atoms with Crippen molar-refractivity contribution in [2.45, 2.75) is 53.0 Å². The Bertz CT molecular complexity index is 716. The Morgan fingerprint density at radius 3 is 2.78 bits per heavy atom. The number of aryl methyl sites for hydroxylation is 2. The molecule has 2 aromatic heterocycles. The molecular weight excluding hydrogens is 292 g/mol. The van der Waals surface area contributed by atoms with E-state index in [-0.39, 0.29) is 11.8 Å². The molecular formula is C17H24N4O2. The Morgan fingerprint density at radius 2 is 2.17 bits per heavy atom. The Kier molecular flexibility index (Phi) is 4.24. The van der Waals surface area contributed by atoms with Crippen LogP contribution < -0.4 is 0 Å². The van der Waals surface area contributed by atoms with Crippen LogP contribution in [0.5, 0.6) is 0 Å². The van der Waals surface area contributed by atoms with E-state index in [2.05, 4.69) is 21.6 Å². The summed E-state index contributed by atoms with van der Waals surface area (Å²) in [7, 11) is 0. The minimum atomic E-state index is 0.110. The van der Waals surface area contributed by atoms with Crippen LogP contribution in [0.3, 0.4) is 0 Å². The summed E-state index contributed by atoms with van der Waals surface area (Å²) in [6.45, 7) is 10.3. The summed E-state index contributed by atoms with van der Waals surface area (Å²) in [6.07, 6.45) is 1.95. The molecule has 1 atom stereocenters. The molecule has 1 aliphatic heterocycles. The minimum absolute atomic E-state index is 0.110. The molecule has 6 nitrogen and oxygen atoms in total. The van der Waals surface area contributed by atoms with Crippen molar-refractivity contribution >= 4 is 5.91 Å². The van der Waals surface area contributed by atoms with E-state index in [1.54, 1.807) is 0 Å². The van der Waals surface area contributed by atoms with Crippen molar-refractivity contribution in [2.24, 2.45) is 0 Å². The molecule has 23 heavy (non-hydrogen) atoms. The van der Waals surface area contributed by atoms with Crippen LogP contribution in [0.15, 0.2) is 10.6 Å². The molecule has 1 fully saturated rings. The number of rotatable bonds is 3. The van der Waals surface area contributed by atoms with E-state index in [1.807, 2.05) is 31.7 Å². The lowest BCUT2D eigenvalue weighted by atomic mass is 9.97. The fraction of sp³-hybridized carbons (Fsp3) is 0.588. The predicted molar refractivity (Wildman–Crippen MR) is 86.5 cm³/mol. The van der Waals surface area contributed by atoms with Gasteiger partial charge in [0.15, 0.2) is 5.82 Å². The Morgan fingerprint density at radius 1 is 1.39 bits per heavy atom. The summed E-state index contributed by atoms with van der Waals surface area (Å²) in [4.78, 5) is 19.2. The highest BCUT2D eigenvalue weighted by molar-refractivity contribution is 5.95. The number of carbonyl (C=O) groups is 1. The summed E-state index contributed by atoms with van der Waals surface area (Å²) < 4.78 is 7.48. The van der Waals surface area contributed by atoms with E-state index in [9.17, 15) is 4.79 Å². The molecule has 0 aliphatic carbocycles. The van der Waals surface area contributed by atoms with Crippen molar-refractivity contribution in [1.82, 2.24) is 19.6 Å². The van der Waals surface area contributed by atoms with Gasteiger partial charge in [-0.3, -0.25) is 4.79 Å². The number of nitrogens with zero attached hydrogens (tertiary/aromatic N) is 4. The molecule has 0 spiro atoms. The van der Waals surface area contributed by atoms with Gasteiger partial charge in [0.25, 0.3) is 5.91 Å². The molecule has 0 unspecified atom stereocenters. The third kappa shape index (κ3) is 2.90. The van der Waals surface area contributed by atoms with Crippen LogP contribution in [0, 0.1) is 20.8 Å². The lowest BCUT2D eigenvalue weighted by molar-refractivity contribution is 0.0695. The quantitative estimate of drug-likeness (QED) is 0.873. The number of carbonyl (C=O) groups excluding carboxylic acids is 1. The summed E-state index contributed by atoms with van der Waals surface area (Å²) in [6, 6.07) is 2.00. The maximum Gasteiger partial charge on any atom is 0.255 e. The van der Waals surface area contributed by atoms with Gasteiger partial charge in [-0.2, -0.15) is 4.98 Å². The average Bonchev–Trinajstić information content (AvgIpc) is 3.10. The van der Waals surface area contributed by atoms with Crippen molar-refractivity contribution in [3.63, 3.8) is 0 Å². The monoisotopic (exact) mass is 316 g/mol. The number of piperidine rings is 1. The molecule has 0 saturated carbocycles. The Balaban J connectivity index is 1.80. The fourth-order valence-corrected chi connectivity index (χ4v) is 3.52. The first-order valence-corrected chi connectivity index (χ1v) is 8.27. The number of likely N-dealkylation sites (tertiary alicyclic amines) is 1. The van der Waals surface area contributed by atoms with Crippen molar-refractivity contribution in [2.75, 3.05) is 13.1 Å². The molecule has 6 heteroatoms. The first kappa shape index (κ1) is 15.8. The lowest BCUT2D eigenvalue weighted by Gasteiger charge is -2.31. The predicted octanol–water partition coefficient (Wildman–Crippen LogP) is 2.84. The van der Waals surface area contributed by atoms with Crippen molar-refractivity contribution in [3.8, 4) is 0 Å². The van der Waals surface area contributed by atoms with Crippen LogP contribution in [-0.2, 0) is 6.54 Å². The summed E-state index contributed by atoms with van der Waals surface area (Å²) in [5.74, 6) is 1.55. The van der Waals surface area contributed by atoms with Crippen LogP contribution >= 0.6 is 0 Å². The molecule has 3 heterocycles. The van der Waals surface area contributed by atoms with Gasteiger partial charge >= 0.3 is 0 Å². The summed E-state index contributed by atoms with van der Waals surface area (Å²) in [5, 5.41) is 3.87. The SMILES string of the molecule is CCn1c(C)cc(C(=O)N2CCC[C@@H](c3nc(C)no3)C2)c1C. The lowest BCUT2D eigenvalue weighted by Crippen LogP contribution is -2.39. The highest BCUT2D eigenvalue weighted by atomic mass is 16.5. The normalized spacial score (nSPS) is 18.4. The minimum Gasteiger partial charge on any atom is -0.349 e. The zero-order chi connectivity index (χ0) is 16.6. The average molecular weight is 316 g/mol. The van der Waals surface area contributed by atoms with E-state index < -0.39 is 0 Å². The second-order valence-electron chi connectivity index (χ2n) is 6.30. The Hall–Kier alpha value is -2.11. The van der Waals surface area contributed by atoms with E-state index in [1.165, 1.54) is 0 Å². The van der Waals surface area contributed by atoms with Gasteiger partial charge in [0.2, 0.25) is 5.89 Å². The largest absolute Gasteiger partial charge is 0.349 e. The smallest absolute Gasteiger partial charge is 0.255 e. The molecule has 0 bridgehead atoms. The van der Waals surface area contributed by atoms with Gasteiger partial charge in [-0.1, -0.05) is 5.16 Å². The van der Waals surface area contributed by atoms with Gasteiger partial charge in [-0.15, -0.1) is 0 Å². The second-order valence-corrected chi connectivity index (χ2v) is 6.30. The fourth-order valence-electron chi connectivity index (χ4n) is 3.52. The summed E-state index contributed by atoms with van der Waals surface area (Å²) in [5.41, 5.74) is 2.99. The van der Waals surface area contributed by atoms with Crippen LogP contribution in [0.1, 0.15) is 59.1 Å².